The number of rotatable bonds is 3. The van der Waals surface area contributed by atoms with Gasteiger partial charge in [-0.3, -0.25) is 4.79 Å². The number of fused-ring (bicyclic) bond motifs is 3. The molecule has 1 fully saturated rings. The summed E-state index contributed by atoms with van der Waals surface area (Å²) in [5.41, 5.74) is 8.58. The van der Waals surface area contributed by atoms with Gasteiger partial charge in [-0.1, -0.05) is 29.4 Å². The van der Waals surface area contributed by atoms with Crippen molar-refractivity contribution >= 4 is 11.6 Å². The molecule has 0 bridgehead atoms. The lowest BCUT2D eigenvalue weighted by Gasteiger charge is -2.37. The van der Waals surface area contributed by atoms with Crippen molar-refractivity contribution in [1.29, 1.82) is 0 Å². The number of likely N-dealkylation sites (tertiary alicyclic amines) is 1. The van der Waals surface area contributed by atoms with E-state index in [1.165, 1.54) is 11.1 Å². The van der Waals surface area contributed by atoms with Gasteiger partial charge in [0.1, 0.15) is 5.75 Å². The van der Waals surface area contributed by atoms with E-state index in [2.05, 4.69) is 53.3 Å². The molecule has 7 rings (SSSR count). The molecule has 0 atom stereocenters. The zero-order valence-corrected chi connectivity index (χ0v) is 23.4. The van der Waals surface area contributed by atoms with E-state index in [0.29, 0.717) is 17.3 Å². The number of aromatic nitrogens is 2. The molecular weight excluding hydrogens is 500 g/mol. The van der Waals surface area contributed by atoms with Gasteiger partial charge in [-0.25, -0.2) is 0 Å². The Balaban J connectivity index is 1.15. The molecule has 0 N–H and O–H groups in total. The molecule has 204 valence electrons. The average molecular weight is 535 g/mol. The van der Waals surface area contributed by atoms with Gasteiger partial charge in [0.25, 0.3) is 5.91 Å². The Morgan fingerprint density at radius 3 is 2.45 bits per heavy atom. The number of carbonyl (C=O) groups is 1. The lowest BCUT2D eigenvalue weighted by molar-refractivity contribution is 0.0985. The summed E-state index contributed by atoms with van der Waals surface area (Å²) in [6.45, 7) is 7.51. The van der Waals surface area contributed by atoms with Crippen LogP contribution in [0.5, 0.6) is 5.75 Å². The van der Waals surface area contributed by atoms with Crippen molar-refractivity contribution < 1.29 is 14.1 Å². The van der Waals surface area contributed by atoms with Crippen molar-refractivity contribution in [1.82, 2.24) is 15.0 Å². The van der Waals surface area contributed by atoms with Crippen LogP contribution >= 0.6 is 0 Å². The van der Waals surface area contributed by atoms with Crippen molar-refractivity contribution in [3.63, 3.8) is 0 Å². The smallest absolute Gasteiger partial charge is 0.258 e. The Morgan fingerprint density at radius 2 is 1.73 bits per heavy atom. The first-order valence-electron chi connectivity index (χ1n) is 14.2. The van der Waals surface area contributed by atoms with E-state index in [0.717, 1.165) is 85.6 Å². The predicted octanol–water partition coefficient (Wildman–Crippen LogP) is 5.97. The van der Waals surface area contributed by atoms with E-state index in [1.54, 1.807) is 6.92 Å². The average Bonchev–Trinajstić information content (AvgIpc) is 3.56. The van der Waals surface area contributed by atoms with Gasteiger partial charge in [0, 0.05) is 41.3 Å². The minimum atomic E-state index is 0.0586. The molecule has 4 aromatic rings. The number of aryl methyl sites for hydroxylation is 3. The van der Waals surface area contributed by atoms with Crippen LogP contribution in [0, 0.1) is 13.8 Å². The molecule has 4 heterocycles. The largest absolute Gasteiger partial charge is 0.492 e. The van der Waals surface area contributed by atoms with Crippen LogP contribution in [0.15, 0.2) is 59.1 Å². The molecule has 1 amide bonds. The highest BCUT2D eigenvalue weighted by Crippen LogP contribution is 2.48. The first kappa shape index (κ1) is 25.0. The van der Waals surface area contributed by atoms with Gasteiger partial charge in [0.2, 0.25) is 11.7 Å². The number of amides is 1. The second-order valence-electron chi connectivity index (χ2n) is 11.7. The molecule has 0 aliphatic carbocycles. The normalized spacial score (nSPS) is 17.9. The molecule has 3 aliphatic heterocycles. The molecule has 1 saturated heterocycles. The van der Waals surface area contributed by atoms with Gasteiger partial charge < -0.3 is 19.1 Å². The van der Waals surface area contributed by atoms with E-state index >= 15 is 0 Å². The first-order valence-corrected chi connectivity index (χ1v) is 14.2. The molecule has 1 aromatic heterocycles. The summed E-state index contributed by atoms with van der Waals surface area (Å²) in [6.07, 6.45) is 4.12. The Kier molecular flexibility index (Phi) is 6.00. The standard InChI is InChI=1S/C33H34N4O3/c1-21-17-26(31-34-22(2)40-35-31)10-11-27(21)23-6-8-24(9-7-23)32(38)37-14-4-5-25-18-30-28(19-29(25)37)33(20-39-30)12-15-36(3)16-13-33/h6-11,17-19H,4-5,12-16,20H2,1-3H3. The SMILES string of the molecule is Cc1nc(-c2ccc(-c3ccc(C(=O)N4CCCc5cc6c(cc54)C4(CCN(C)CC4)CO6)cc3)c(C)c2)no1. The Hall–Kier alpha value is -3.97. The molecule has 0 radical (unpaired) electrons. The number of nitrogens with zero attached hydrogens (tertiary/aromatic N) is 4. The lowest BCUT2D eigenvalue weighted by Crippen LogP contribution is -2.42. The highest BCUT2D eigenvalue weighted by atomic mass is 16.5. The van der Waals surface area contributed by atoms with E-state index < -0.39 is 0 Å². The summed E-state index contributed by atoms with van der Waals surface area (Å²) in [4.78, 5) is 22.6. The summed E-state index contributed by atoms with van der Waals surface area (Å²) in [7, 11) is 2.19. The van der Waals surface area contributed by atoms with Crippen molar-refractivity contribution in [2.75, 3.05) is 38.2 Å². The maximum atomic E-state index is 13.9. The minimum absolute atomic E-state index is 0.0586. The third-order valence-corrected chi connectivity index (χ3v) is 9.02. The van der Waals surface area contributed by atoms with E-state index in [-0.39, 0.29) is 11.3 Å². The number of piperidine rings is 1. The predicted molar refractivity (Wildman–Crippen MR) is 155 cm³/mol. The van der Waals surface area contributed by atoms with Crippen LogP contribution in [0.4, 0.5) is 5.69 Å². The van der Waals surface area contributed by atoms with E-state index in [9.17, 15) is 4.79 Å². The van der Waals surface area contributed by atoms with Crippen LogP contribution in [0.2, 0.25) is 0 Å². The zero-order valence-electron chi connectivity index (χ0n) is 23.4. The molecule has 7 heteroatoms. The summed E-state index contributed by atoms with van der Waals surface area (Å²) in [6, 6.07) is 18.7. The second kappa shape index (κ2) is 9.59. The highest BCUT2D eigenvalue weighted by molar-refractivity contribution is 6.07. The number of benzene rings is 3. The number of ether oxygens (including phenoxy) is 1. The molecule has 3 aliphatic rings. The Bertz CT molecular complexity index is 1600. The molecule has 40 heavy (non-hydrogen) atoms. The van der Waals surface area contributed by atoms with Crippen LogP contribution in [0.25, 0.3) is 22.5 Å². The molecule has 3 aromatic carbocycles. The van der Waals surface area contributed by atoms with Crippen LogP contribution in [-0.2, 0) is 11.8 Å². The van der Waals surface area contributed by atoms with Gasteiger partial charge in [-0.05, 0) is 105 Å². The number of hydrogen-bond donors (Lipinski definition) is 0. The van der Waals surface area contributed by atoms with E-state index in [4.69, 9.17) is 9.26 Å². The third-order valence-electron chi connectivity index (χ3n) is 9.02. The van der Waals surface area contributed by atoms with Gasteiger partial charge in [-0.15, -0.1) is 0 Å². The first-order chi connectivity index (χ1) is 19.4. The van der Waals surface area contributed by atoms with Crippen molar-refractivity contribution in [2.24, 2.45) is 0 Å². The summed E-state index contributed by atoms with van der Waals surface area (Å²) in [5.74, 6) is 2.22. The Labute approximate surface area is 234 Å². The van der Waals surface area contributed by atoms with Gasteiger partial charge >= 0.3 is 0 Å². The van der Waals surface area contributed by atoms with Crippen molar-refractivity contribution in [3.05, 3.63) is 82.7 Å². The van der Waals surface area contributed by atoms with Crippen molar-refractivity contribution in [2.45, 2.75) is 44.9 Å². The molecular formula is C33H34N4O3. The van der Waals surface area contributed by atoms with Gasteiger partial charge in [0.15, 0.2) is 0 Å². The zero-order chi connectivity index (χ0) is 27.4. The molecule has 1 spiro atoms. The monoisotopic (exact) mass is 534 g/mol. The van der Waals surface area contributed by atoms with Crippen LogP contribution in [0.3, 0.4) is 0 Å². The molecule has 0 unspecified atom stereocenters. The summed E-state index contributed by atoms with van der Waals surface area (Å²) < 4.78 is 11.4. The van der Waals surface area contributed by atoms with Gasteiger partial charge in [0.05, 0.1) is 6.61 Å². The van der Waals surface area contributed by atoms with Crippen molar-refractivity contribution in [3.8, 4) is 28.3 Å². The van der Waals surface area contributed by atoms with Gasteiger partial charge in [-0.2, -0.15) is 4.98 Å². The number of hydrogen-bond acceptors (Lipinski definition) is 6. The van der Waals surface area contributed by atoms with E-state index in [1.807, 2.05) is 35.2 Å². The number of anilines is 1. The molecule has 0 saturated carbocycles. The van der Waals surface area contributed by atoms with Crippen LogP contribution < -0.4 is 9.64 Å². The summed E-state index contributed by atoms with van der Waals surface area (Å²) >= 11 is 0. The maximum Gasteiger partial charge on any atom is 0.258 e. The lowest BCUT2D eigenvalue weighted by atomic mass is 9.74. The fourth-order valence-electron chi connectivity index (χ4n) is 6.60. The maximum absolute atomic E-state index is 13.9. The number of carbonyl (C=O) groups excluding carboxylic acids is 1. The fraction of sp³-hybridized carbons (Fsp3) is 0.364. The second-order valence-corrected chi connectivity index (χ2v) is 11.7. The molecule has 7 nitrogen and oxygen atoms in total. The quantitative estimate of drug-likeness (QED) is 0.323. The highest BCUT2D eigenvalue weighted by Gasteiger charge is 2.43. The minimum Gasteiger partial charge on any atom is -0.492 e. The third kappa shape index (κ3) is 4.20. The summed E-state index contributed by atoms with van der Waals surface area (Å²) in [5, 5.41) is 4.03. The Morgan fingerprint density at radius 1 is 0.950 bits per heavy atom. The van der Waals surface area contributed by atoms with Crippen LogP contribution in [-0.4, -0.2) is 54.2 Å². The van der Waals surface area contributed by atoms with Crippen LogP contribution in [0.1, 0.15) is 52.2 Å². The topological polar surface area (TPSA) is 71.7 Å². The fourth-order valence-corrected chi connectivity index (χ4v) is 6.60.